The van der Waals surface area contributed by atoms with E-state index in [1.807, 2.05) is 0 Å². The van der Waals surface area contributed by atoms with Gasteiger partial charge in [-0.25, -0.2) is 0 Å². The fourth-order valence-corrected chi connectivity index (χ4v) is 0.821. The summed E-state index contributed by atoms with van der Waals surface area (Å²) in [6, 6.07) is 5.22. The van der Waals surface area contributed by atoms with E-state index in [9.17, 15) is 13.2 Å². The van der Waals surface area contributed by atoms with Gasteiger partial charge in [0.05, 0.1) is 5.56 Å². The summed E-state index contributed by atoms with van der Waals surface area (Å²) in [6.45, 7) is 1.63. The quantitative estimate of drug-likeness (QED) is 0.648. The van der Waals surface area contributed by atoms with E-state index in [1.54, 1.807) is 13.0 Å². The third kappa shape index (κ3) is 2.54. The molecule has 1 nitrogen and oxygen atoms in total. The summed E-state index contributed by atoms with van der Waals surface area (Å²) >= 11 is 0. The third-order valence-corrected chi connectivity index (χ3v) is 1.35. The highest BCUT2D eigenvalue weighted by atomic mass is 19.4. The molecule has 1 rings (SSSR count). The smallest absolute Gasteiger partial charge is 0.344 e. The van der Waals surface area contributed by atoms with Gasteiger partial charge in [0.1, 0.15) is 0 Å². The molecule has 1 aromatic carbocycles. The standard InChI is InChI=1S/C8H7F3.H3N/c1-6-3-2-4-7(5-6)8(9,10)11;/h2-5H,1H3;1H3. The van der Waals surface area contributed by atoms with Gasteiger partial charge in [-0.1, -0.05) is 23.8 Å². The number of benzene rings is 1. The Bertz CT molecular complexity index is 255. The molecule has 0 aliphatic rings. The van der Waals surface area contributed by atoms with Crippen LogP contribution in [0.2, 0.25) is 0 Å². The van der Waals surface area contributed by atoms with Gasteiger partial charge in [-0.05, 0) is 13.0 Å². The van der Waals surface area contributed by atoms with E-state index >= 15 is 0 Å². The van der Waals surface area contributed by atoms with Gasteiger partial charge in [-0.15, -0.1) is 0 Å². The molecular weight excluding hydrogens is 167 g/mol. The average Bonchev–Trinajstić information content (AvgIpc) is 1.86. The summed E-state index contributed by atoms with van der Waals surface area (Å²) in [5, 5.41) is 0. The second-order valence-corrected chi connectivity index (χ2v) is 2.37. The van der Waals surface area contributed by atoms with Crippen molar-refractivity contribution in [3.8, 4) is 0 Å². The van der Waals surface area contributed by atoms with Crippen LogP contribution in [0.5, 0.6) is 0 Å². The molecule has 0 aliphatic carbocycles. The summed E-state index contributed by atoms with van der Waals surface area (Å²) in [7, 11) is 0. The van der Waals surface area contributed by atoms with E-state index in [0.717, 1.165) is 12.1 Å². The van der Waals surface area contributed by atoms with Gasteiger partial charge < -0.3 is 6.15 Å². The summed E-state index contributed by atoms with van der Waals surface area (Å²) in [6.07, 6.45) is -4.22. The van der Waals surface area contributed by atoms with Crippen LogP contribution >= 0.6 is 0 Å². The first-order valence-corrected chi connectivity index (χ1v) is 3.14. The van der Waals surface area contributed by atoms with E-state index in [4.69, 9.17) is 0 Å². The highest BCUT2D eigenvalue weighted by Gasteiger charge is 2.29. The maximum Gasteiger partial charge on any atom is 0.416 e. The molecule has 4 heteroatoms. The van der Waals surface area contributed by atoms with Gasteiger partial charge >= 0.3 is 6.18 Å². The maximum atomic E-state index is 12.0. The van der Waals surface area contributed by atoms with E-state index in [1.165, 1.54) is 6.07 Å². The number of alkyl halides is 3. The van der Waals surface area contributed by atoms with Gasteiger partial charge in [-0.3, -0.25) is 0 Å². The molecule has 12 heavy (non-hydrogen) atoms. The minimum atomic E-state index is -4.22. The van der Waals surface area contributed by atoms with Crippen LogP contribution in [0.15, 0.2) is 24.3 Å². The van der Waals surface area contributed by atoms with Gasteiger partial charge in [0, 0.05) is 0 Å². The predicted octanol–water partition coefficient (Wildman–Crippen LogP) is 3.18. The van der Waals surface area contributed by atoms with Crippen LogP contribution in [0.25, 0.3) is 0 Å². The van der Waals surface area contributed by atoms with E-state index in [2.05, 4.69) is 0 Å². The maximum absolute atomic E-state index is 12.0. The molecule has 0 unspecified atom stereocenters. The molecule has 68 valence electrons. The molecule has 0 atom stereocenters. The lowest BCUT2D eigenvalue weighted by atomic mass is 10.1. The van der Waals surface area contributed by atoms with Crippen molar-refractivity contribution in [2.24, 2.45) is 0 Å². The molecule has 0 spiro atoms. The molecule has 1 aromatic rings. The summed E-state index contributed by atoms with van der Waals surface area (Å²) < 4.78 is 35.9. The summed E-state index contributed by atoms with van der Waals surface area (Å²) in [5.74, 6) is 0. The lowest BCUT2D eigenvalue weighted by Gasteiger charge is -2.05. The van der Waals surface area contributed by atoms with E-state index in [-0.39, 0.29) is 6.15 Å². The van der Waals surface area contributed by atoms with Crippen molar-refractivity contribution in [2.45, 2.75) is 13.1 Å². The molecule has 0 saturated carbocycles. The van der Waals surface area contributed by atoms with Gasteiger partial charge in [0.2, 0.25) is 0 Å². The fourth-order valence-electron chi connectivity index (χ4n) is 0.821. The Morgan fingerprint density at radius 1 is 1.17 bits per heavy atom. The predicted molar refractivity (Wildman–Crippen MR) is 41.2 cm³/mol. The molecule has 0 saturated heterocycles. The van der Waals surface area contributed by atoms with Crippen molar-refractivity contribution in [1.82, 2.24) is 6.15 Å². The van der Waals surface area contributed by atoms with Crippen LogP contribution in [-0.4, -0.2) is 0 Å². The Morgan fingerprint density at radius 2 is 1.75 bits per heavy atom. The minimum Gasteiger partial charge on any atom is -0.344 e. The largest absolute Gasteiger partial charge is 0.416 e. The van der Waals surface area contributed by atoms with Crippen LogP contribution in [0.1, 0.15) is 11.1 Å². The van der Waals surface area contributed by atoms with Crippen LogP contribution in [-0.2, 0) is 6.18 Å². The number of rotatable bonds is 0. The topological polar surface area (TPSA) is 35.0 Å². The Hall–Kier alpha value is -1.03. The minimum absolute atomic E-state index is 0. The van der Waals surface area contributed by atoms with Gasteiger partial charge in [0.25, 0.3) is 0 Å². The van der Waals surface area contributed by atoms with Crippen LogP contribution < -0.4 is 6.15 Å². The molecule has 0 radical (unpaired) electrons. The number of hydrogen-bond acceptors (Lipinski definition) is 1. The van der Waals surface area contributed by atoms with Crippen molar-refractivity contribution < 1.29 is 13.2 Å². The zero-order valence-corrected chi connectivity index (χ0v) is 6.65. The normalized spacial score (nSPS) is 10.7. The lowest BCUT2D eigenvalue weighted by molar-refractivity contribution is -0.137. The molecule has 0 fully saturated rings. The number of halogens is 3. The molecule has 0 amide bonds. The van der Waals surface area contributed by atoms with Crippen molar-refractivity contribution in [3.05, 3.63) is 35.4 Å². The zero-order chi connectivity index (χ0) is 8.48. The first-order valence-electron chi connectivity index (χ1n) is 3.14. The van der Waals surface area contributed by atoms with E-state index < -0.39 is 11.7 Å². The average molecular weight is 177 g/mol. The molecule has 0 aromatic heterocycles. The lowest BCUT2D eigenvalue weighted by Crippen LogP contribution is -2.04. The molecule has 0 aliphatic heterocycles. The van der Waals surface area contributed by atoms with Crippen molar-refractivity contribution >= 4 is 0 Å². The molecular formula is C8H10F3N. The number of aryl methyl sites for hydroxylation is 1. The van der Waals surface area contributed by atoms with E-state index in [0.29, 0.717) is 5.56 Å². The first-order chi connectivity index (χ1) is 5.00. The fraction of sp³-hybridized carbons (Fsp3) is 0.250. The second kappa shape index (κ2) is 3.58. The van der Waals surface area contributed by atoms with Crippen molar-refractivity contribution in [1.29, 1.82) is 0 Å². The first kappa shape index (κ1) is 11.0. The third-order valence-electron chi connectivity index (χ3n) is 1.35. The highest BCUT2D eigenvalue weighted by Crippen LogP contribution is 2.29. The van der Waals surface area contributed by atoms with Crippen LogP contribution in [0.4, 0.5) is 13.2 Å². The Balaban J connectivity index is 0.00000121. The number of hydrogen-bond donors (Lipinski definition) is 1. The Morgan fingerprint density at radius 3 is 2.08 bits per heavy atom. The van der Waals surface area contributed by atoms with Gasteiger partial charge in [0.15, 0.2) is 0 Å². The van der Waals surface area contributed by atoms with Crippen LogP contribution in [0.3, 0.4) is 0 Å². The summed E-state index contributed by atoms with van der Waals surface area (Å²) in [4.78, 5) is 0. The Kier molecular flexibility index (Phi) is 3.27. The monoisotopic (exact) mass is 177 g/mol. The summed E-state index contributed by atoms with van der Waals surface area (Å²) in [5.41, 5.74) is 0.0392. The molecule has 0 bridgehead atoms. The van der Waals surface area contributed by atoms with Gasteiger partial charge in [-0.2, -0.15) is 13.2 Å². The highest BCUT2D eigenvalue weighted by molar-refractivity contribution is 5.24. The molecule has 0 heterocycles. The van der Waals surface area contributed by atoms with Crippen molar-refractivity contribution in [2.75, 3.05) is 0 Å². The molecule has 3 N–H and O–H groups in total. The van der Waals surface area contributed by atoms with Crippen LogP contribution in [0, 0.1) is 6.92 Å². The SMILES string of the molecule is Cc1cccc(C(F)(F)F)c1.N. The van der Waals surface area contributed by atoms with Crippen molar-refractivity contribution in [3.63, 3.8) is 0 Å². The Labute approximate surface area is 68.8 Å². The zero-order valence-electron chi connectivity index (χ0n) is 6.65. The second-order valence-electron chi connectivity index (χ2n) is 2.37.